The number of nitrogens with zero attached hydrogens (tertiary/aromatic N) is 1. The number of fused-ring (bicyclic) bond motifs is 1. The van der Waals surface area contributed by atoms with Gasteiger partial charge < -0.3 is 9.88 Å². The van der Waals surface area contributed by atoms with E-state index < -0.39 is 0 Å². The molecular weight excluding hydrogens is 344 g/mol. The molecule has 2 nitrogen and oxygen atoms in total. The molecule has 0 atom stereocenters. The summed E-state index contributed by atoms with van der Waals surface area (Å²) in [6, 6.07) is 11.2. The fourth-order valence-electron chi connectivity index (χ4n) is 2.51. The van der Waals surface area contributed by atoms with Crippen LogP contribution < -0.4 is 5.32 Å². The van der Waals surface area contributed by atoms with Crippen molar-refractivity contribution >= 4 is 38.2 Å². The fourth-order valence-corrected chi connectivity index (χ4v) is 3.96. The molecule has 0 unspecified atom stereocenters. The highest BCUT2D eigenvalue weighted by Crippen LogP contribution is 2.23. The molecule has 4 heteroatoms. The van der Waals surface area contributed by atoms with Crippen LogP contribution in [0, 0.1) is 0 Å². The molecule has 2 heterocycles. The molecule has 0 radical (unpaired) electrons. The minimum Gasteiger partial charge on any atom is -0.342 e. The zero-order chi connectivity index (χ0) is 14.7. The van der Waals surface area contributed by atoms with Gasteiger partial charge in [-0.2, -0.15) is 0 Å². The number of rotatable bonds is 6. The first-order valence-corrected chi connectivity index (χ1v) is 8.95. The van der Waals surface area contributed by atoms with Gasteiger partial charge in [-0.25, -0.2) is 0 Å². The third-order valence-electron chi connectivity index (χ3n) is 3.54. The van der Waals surface area contributed by atoms with Crippen molar-refractivity contribution < 1.29 is 0 Å². The Balaban J connectivity index is 1.79. The predicted molar refractivity (Wildman–Crippen MR) is 95.1 cm³/mol. The topological polar surface area (TPSA) is 17.0 Å². The number of nitrogens with one attached hydrogen (secondary N) is 1. The Morgan fingerprint density at radius 3 is 2.90 bits per heavy atom. The maximum Gasteiger partial charge on any atom is 0.0569 e. The molecule has 3 rings (SSSR count). The van der Waals surface area contributed by atoms with Crippen molar-refractivity contribution in [2.45, 2.75) is 26.4 Å². The van der Waals surface area contributed by atoms with Gasteiger partial charge in [0.15, 0.2) is 0 Å². The van der Waals surface area contributed by atoms with Crippen LogP contribution in [0.4, 0.5) is 0 Å². The third-order valence-corrected chi connectivity index (χ3v) is 5.22. The predicted octanol–water partition coefficient (Wildman–Crippen LogP) is 5.01. The van der Waals surface area contributed by atoms with Gasteiger partial charge in [0.1, 0.15) is 0 Å². The van der Waals surface area contributed by atoms with E-state index in [9.17, 15) is 0 Å². The van der Waals surface area contributed by atoms with Gasteiger partial charge >= 0.3 is 0 Å². The van der Waals surface area contributed by atoms with Crippen molar-refractivity contribution in [2.75, 3.05) is 6.54 Å². The molecule has 0 bridgehead atoms. The molecule has 0 aliphatic rings. The average Bonchev–Trinajstić information content (AvgIpc) is 3.06. The Bertz CT molecular complexity index is 729. The Morgan fingerprint density at radius 1 is 1.24 bits per heavy atom. The van der Waals surface area contributed by atoms with Crippen LogP contribution in [0.2, 0.25) is 0 Å². The summed E-state index contributed by atoms with van der Waals surface area (Å²) in [4.78, 5) is 1.37. The summed E-state index contributed by atoms with van der Waals surface area (Å²) in [7, 11) is 0. The number of hydrogen-bond acceptors (Lipinski definition) is 2. The van der Waals surface area contributed by atoms with Crippen LogP contribution in [0.5, 0.6) is 0 Å². The highest BCUT2D eigenvalue weighted by atomic mass is 79.9. The first kappa shape index (κ1) is 14.8. The first-order valence-electron chi connectivity index (χ1n) is 7.27. The Labute approximate surface area is 137 Å². The lowest BCUT2D eigenvalue weighted by Gasteiger charge is -2.06. The summed E-state index contributed by atoms with van der Waals surface area (Å²) in [6.07, 6.45) is 3.36. The standard InChI is InChI=1S/C17H19BrN2S/c1-2-6-19-10-13-3-4-17-14(8-13)5-7-20(17)11-16-9-15(18)12-21-16/h3-5,7-9,12,19H,2,6,10-11H2,1H3. The Kier molecular flexibility index (Phi) is 4.78. The van der Waals surface area contributed by atoms with E-state index >= 15 is 0 Å². The van der Waals surface area contributed by atoms with E-state index in [1.807, 2.05) is 0 Å². The second-order valence-corrected chi connectivity index (χ2v) is 7.16. The van der Waals surface area contributed by atoms with Crippen molar-refractivity contribution in [1.82, 2.24) is 9.88 Å². The van der Waals surface area contributed by atoms with Gasteiger partial charge in [0.05, 0.1) is 6.54 Å². The molecule has 21 heavy (non-hydrogen) atoms. The lowest BCUT2D eigenvalue weighted by Crippen LogP contribution is -2.13. The Hall–Kier alpha value is -1.10. The van der Waals surface area contributed by atoms with Crippen molar-refractivity contribution in [1.29, 1.82) is 0 Å². The highest BCUT2D eigenvalue weighted by molar-refractivity contribution is 9.10. The maximum atomic E-state index is 3.52. The number of benzene rings is 1. The average molecular weight is 363 g/mol. The second kappa shape index (κ2) is 6.77. The molecule has 0 spiro atoms. The van der Waals surface area contributed by atoms with Crippen LogP contribution in [0.15, 0.2) is 46.4 Å². The van der Waals surface area contributed by atoms with E-state index in [0.717, 1.165) is 19.6 Å². The van der Waals surface area contributed by atoms with Gasteiger partial charge in [0.25, 0.3) is 0 Å². The molecule has 0 saturated heterocycles. The molecular formula is C17H19BrN2S. The monoisotopic (exact) mass is 362 g/mol. The van der Waals surface area contributed by atoms with Crippen LogP contribution in [-0.4, -0.2) is 11.1 Å². The molecule has 0 aliphatic carbocycles. The van der Waals surface area contributed by atoms with E-state index in [2.05, 4.69) is 74.6 Å². The summed E-state index contributed by atoms with van der Waals surface area (Å²) in [6.45, 7) is 5.16. The molecule has 1 N–H and O–H groups in total. The van der Waals surface area contributed by atoms with Crippen LogP contribution in [-0.2, 0) is 13.1 Å². The zero-order valence-corrected chi connectivity index (χ0v) is 14.5. The van der Waals surface area contributed by atoms with Gasteiger partial charge in [-0.05, 0) is 64.1 Å². The van der Waals surface area contributed by atoms with Gasteiger partial charge in [-0.3, -0.25) is 0 Å². The first-order chi connectivity index (χ1) is 10.3. The van der Waals surface area contributed by atoms with Crippen LogP contribution in [0.25, 0.3) is 10.9 Å². The fraction of sp³-hybridized carbons (Fsp3) is 0.294. The Morgan fingerprint density at radius 2 is 2.14 bits per heavy atom. The smallest absolute Gasteiger partial charge is 0.0569 e. The number of hydrogen-bond donors (Lipinski definition) is 1. The van der Waals surface area contributed by atoms with E-state index in [0.29, 0.717) is 0 Å². The number of halogens is 1. The van der Waals surface area contributed by atoms with Gasteiger partial charge in [0.2, 0.25) is 0 Å². The van der Waals surface area contributed by atoms with Crippen molar-refractivity contribution in [3.63, 3.8) is 0 Å². The summed E-state index contributed by atoms with van der Waals surface area (Å²) >= 11 is 5.32. The number of thiophene rings is 1. The minimum absolute atomic E-state index is 0.938. The van der Waals surface area contributed by atoms with Gasteiger partial charge in [0, 0.05) is 33.0 Å². The largest absolute Gasteiger partial charge is 0.342 e. The van der Waals surface area contributed by atoms with E-state index in [-0.39, 0.29) is 0 Å². The zero-order valence-electron chi connectivity index (χ0n) is 12.1. The van der Waals surface area contributed by atoms with E-state index in [1.54, 1.807) is 11.3 Å². The summed E-state index contributed by atoms with van der Waals surface area (Å²) in [5, 5.41) is 6.91. The normalized spacial score (nSPS) is 11.3. The summed E-state index contributed by atoms with van der Waals surface area (Å²) in [5.74, 6) is 0. The molecule has 3 aromatic rings. The lowest BCUT2D eigenvalue weighted by molar-refractivity contribution is 0.676. The van der Waals surface area contributed by atoms with Gasteiger partial charge in [-0.1, -0.05) is 13.0 Å². The van der Waals surface area contributed by atoms with Crippen molar-refractivity contribution in [3.05, 3.63) is 56.8 Å². The van der Waals surface area contributed by atoms with Crippen molar-refractivity contribution in [2.24, 2.45) is 0 Å². The quantitative estimate of drug-likeness (QED) is 0.609. The highest BCUT2D eigenvalue weighted by Gasteiger charge is 2.04. The molecule has 0 amide bonds. The molecule has 110 valence electrons. The minimum atomic E-state index is 0.938. The molecule has 2 aromatic heterocycles. The SMILES string of the molecule is CCCNCc1ccc2c(ccn2Cc2cc(Br)cs2)c1. The molecule has 0 aliphatic heterocycles. The van der Waals surface area contributed by atoms with Crippen molar-refractivity contribution in [3.8, 4) is 0 Å². The van der Waals surface area contributed by atoms with E-state index in [1.165, 1.54) is 32.2 Å². The van der Waals surface area contributed by atoms with Crippen LogP contribution in [0.1, 0.15) is 23.8 Å². The molecule has 0 fully saturated rings. The second-order valence-electron chi connectivity index (χ2n) is 5.24. The van der Waals surface area contributed by atoms with E-state index in [4.69, 9.17) is 0 Å². The third kappa shape index (κ3) is 3.57. The van der Waals surface area contributed by atoms with Crippen LogP contribution >= 0.6 is 27.3 Å². The van der Waals surface area contributed by atoms with Crippen LogP contribution in [0.3, 0.4) is 0 Å². The molecule has 1 aromatic carbocycles. The molecule has 0 saturated carbocycles. The summed E-state index contributed by atoms with van der Waals surface area (Å²) in [5.41, 5.74) is 2.66. The maximum absolute atomic E-state index is 3.52. The number of aromatic nitrogens is 1. The summed E-state index contributed by atoms with van der Waals surface area (Å²) < 4.78 is 3.49. The lowest BCUT2D eigenvalue weighted by atomic mass is 10.1. The van der Waals surface area contributed by atoms with Gasteiger partial charge in [-0.15, -0.1) is 11.3 Å².